The molecule has 5 nitrogen and oxygen atoms in total. The average molecular weight is 285 g/mol. The van der Waals surface area contributed by atoms with Crippen molar-refractivity contribution in [2.45, 2.75) is 19.8 Å². The highest BCUT2D eigenvalue weighted by Gasteiger charge is 2.47. The van der Waals surface area contributed by atoms with Gasteiger partial charge >= 0.3 is 5.97 Å². The standard InChI is InChI=1S/C16H15NO4/c1-10(18)21-12-8-6-11(7-9-12)17-15(19)13-4-2-3-5-14(13)16(17)20/h2-3,6-9,13-14H,4-5H2,1H3/t13-,14+. The van der Waals surface area contributed by atoms with Crippen molar-refractivity contribution in [2.24, 2.45) is 11.8 Å². The van der Waals surface area contributed by atoms with E-state index in [1.165, 1.54) is 11.8 Å². The van der Waals surface area contributed by atoms with Gasteiger partial charge in [0.1, 0.15) is 5.75 Å². The van der Waals surface area contributed by atoms with Crippen LogP contribution in [0.3, 0.4) is 0 Å². The highest BCUT2D eigenvalue weighted by Crippen LogP contribution is 2.37. The third-order valence-corrected chi connectivity index (χ3v) is 3.86. The van der Waals surface area contributed by atoms with Gasteiger partial charge in [-0.05, 0) is 37.1 Å². The molecule has 1 aromatic carbocycles. The van der Waals surface area contributed by atoms with E-state index in [1.807, 2.05) is 12.2 Å². The molecule has 1 fully saturated rings. The van der Waals surface area contributed by atoms with Gasteiger partial charge in [-0.25, -0.2) is 0 Å². The van der Waals surface area contributed by atoms with Gasteiger partial charge in [0, 0.05) is 6.92 Å². The van der Waals surface area contributed by atoms with Crippen LogP contribution < -0.4 is 9.64 Å². The first-order chi connectivity index (χ1) is 10.1. The molecule has 0 N–H and O–H groups in total. The molecule has 0 aromatic heterocycles. The lowest BCUT2D eigenvalue weighted by atomic mass is 9.85. The van der Waals surface area contributed by atoms with Crippen molar-refractivity contribution in [3.8, 4) is 5.75 Å². The van der Waals surface area contributed by atoms with E-state index < -0.39 is 5.97 Å². The molecule has 1 heterocycles. The van der Waals surface area contributed by atoms with Crippen LogP contribution in [0.1, 0.15) is 19.8 Å². The van der Waals surface area contributed by atoms with E-state index in [0.29, 0.717) is 24.3 Å². The topological polar surface area (TPSA) is 63.7 Å². The van der Waals surface area contributed by atoms with Crippen LogP contribution in [0.25, 0.3) is 0 Å². The van der Waals surface area contributed by atoms with Gasteiger partial charge in [-0.2, -0.15) is 0 Å². The second-order valence-electron chi connectivity index (χ2n) is 5.26. The van der Waals surface area contributed by atoms with Crippen LogP contribution in [0.5, 0.6) is 5.75 Å². The normalized spacial score (nSPS) is 24.1. The van der Waals surface area contributed by atoms with Gasteiger partial charge in [-0.15, -0.1) is 0 Å². The molecular weight excluding hydrogens is 270 g/mol. The van der Waals surface area contributed by atoms with E-state index in [2.05, 4.69) is 0 Å². The monoisotopic (exact) mass is 285 g/mol. The number of anilines is 1. The van der Waals surface area contributed by atoms with Crippen LogP contribution in [-0.4, -0.2) is 17.8 Å². The zero-order chi connectivity index (χ0) is 15.0. The fourth-order valence-electron chi connectivity index (χ4n) is 2.88. The second-order valence-corrected chi connectivity index (χ2v) is 5.26. The molecule has 0 bridgehead atoms. The van der Waals surface area contributed by atoms with E-state index in [9.17, 15) is 14.4 Å². The molecule has 5 heteroatoms. The number of hydrogen-bond acceptors (Lipinski definition) is 4. The van der Waals surface area contributed by atoms with E-state index in [0.717, 1.165) is 0 Å². The summed E-state index contributed by atoms with van der Waals surface area (Å²) in [5, 5.41) is 0. The van der Waals surface area contributed by atoms with Crippen LogP contribution in [-0.2, 0) is 14.4 Å². The van der Waals surface area contributed by atoms with Crippen molar-refractivity contribution >= 4 is 23.5 Å². The maximum Gasteiger partial charge on any atom is 0.308 e. The summed E-state index contributed by atoms with van der Waals surface area (Å²) in [5.74, 6) is -0.784. The lowest BCUT2D eigenvalue weighted by Crippen LogP contribution is -2.30. The number of fused-ring (bicyclic) bond motifs is 1. The van der Waals surface area contributed by atoms with Gasteiger partial charge in [0.2, 0.25) is 11.8 Å². The molecule has 2 amide bonds. The van der Waals surface area contributed by atoms with Crippen LogP contribution in [0.15, 0.2) is 36.4 Å². The Morgan fingerprint density at radius 1 is 1.05 bits per heavy atom. The Kier molecular flexibility index (Phi) is 3.33. The molecule has 21 heavy (non-hydrogen) atoms. The molecule has 1 aliphatic carbocycles. The predicted molar refractivity (Wildman–Crippen MR) is 75.6 cm³/mol. The Hall–Kier alpha value is -2.43. The summed E-state index contributed by atoms with van der Waals surface area (Å²) in [7, 11) is 0. The number of allylic oxidation sites excluding steroid dienone is 2. The number of carbonyl (C=O) groups is 3. The van der Waals surface area contributed by atoms with Crippen molar-refractivity contribution in [1.82, 2.24) is 0 Å². The van der Waals surface area contributed by atoms with E-state index in [4.69, 9.17) is 4.74 Å². The summed E-state index contributed by atoms with van der Waals surface area (Å²) < 4.78 is 4.94. The summed E-state index contributed by atoms with van der Waals surface area (Å²) in [4.78, 5) is 36.9. The van der Waals surface area contributed by atoms with Crippen LogP contribution >= 0.6 is 0 Å². The number of rotatable bonds is 2. The quantitative estimate of drug-likeness (QED) is 0.361. The second kappa shape index (κ2) is 5.16. The number of carbonyl (C=O) groups excluding carboxylic acids is 3. The number of amides is 2. The zero-order valence-corrected chi connectivity index (χ0v) is 11.6. The highest BCUT2D eigenvalue weighted by molar-refractivity contribution is 6.22. The predicted octanol–water partition coefficient (Wildman–Crippen LogP) is 2.07. The molecule has 1 aliphatic heterocycles. The van der Waals surface area contributed by atoms with Crippen molar-refractivity contribution < 1.29 is 19.1 Å². The molecule has 0 unspecified atom stereocenters. The molecular formula is C16H15NO4. The first-order valence-electron chi connectivity index (χ1n) is 6.89. The van der Waals surface area contributed by atoms with Crippen molar-refractivity contribution in [1.29, 1.82) is 0 Å². The minimum atomic E-state index is -0.409. The van der Waals surface area contributed by atoms with Crippen molar-refractivity contribution in [2.75, 3.05) is 4.90 Å². The molecule has 1 aromatic rings. The number of benzene rings is 1. The van der Waals surface area contributed by atoms with Gasteiger partial charge < -0.3 is 4.74 Å². The summed E-state index contributed by atoms with van der Waals surface area (Å²) in [6, 6.07) is 6.41. The Balaban J connectivity index is 1.85. The fraction of sp³-hybridized carbons (Fsp3) is 0.312. The Morgan fingerprint density at radius 3 is 2.05 bits per heavy atom. The molecule has 3 rings (SSSR count). The molecule has 0 radical (unpaired) electrons. The van der Waals surface area contributed by atoms with Gasteiger partial charge in [0.15, 0.2) is 0 Å². The van der Waals surface area contributed by atoms with Crippen molar-refractivity contribution in [3.05, 3.63) is 36.4 Å². The Bertz CT molecular complexity index is 606. The first-order valence-corrected chi connectivity index (χ1v) is 6.89. The molecule has 0 saturated carbocycles. The minimum Gasteiger partial charge on any atom is -0.427 e. The van der Waals surface area contributed by atoms with Crippen LogP contribution in [0.4, 0.5) is 5.69 Å². The Morgan fingerprint density at radius 2 is 1.57 bits per heavy atom. The van der Waals surface area contributed by atoms with Crippen molar-refractivity contribution in [3.63, 3.8) is 0 Å². The summed E-state index contributed by atoms with van der Waals surface area (Å²) in [6.45, 7) is 1.32. The lowest BCUT2D eigenvalue weighted by Gasteiger charge is -2.15. The highest BCUT2D eigenvalue weighted by atomic mass is 16.5. The van der Waals surface area contributed by atoms with Gasteiger partial charge in [-0.3, -0.25) is 19.3 Å². The number of imide groups is 1. The Labute approximate surface area is 122 Å². The number of nitrogens with zero attached hydrogens (tertiary/aromatic N) is 1. The molecule has 0 spiro atoms. The van der Waals surface area contributed by atoms with Gasteiger partial charge in [0.05, 0.1) is 17.5 Å². The van der Waals surface area contributed by atoms with Gasteiger partial charge in [0.25, 0.3) is 0 Å². The van der Waals surface area contributed by atoms with Crippen LogP contribution in [0.2, 0.25) is 0 Å². The molecule has 2 aliphatic rings. The maximum atomic E-state index is 12.4. The van der Waals surface area contributed by atoms with E-state index in [1.54, 1.807) is 24.3 Å². The van der Waals surface area contributed by atoms with Gasteiger partial charge in [-0.1, -0.05) is 12.2 Å². The fourth-order valence-corrected chi connectivity index (χ4v) is 2.88. The minimum absolute atomic E-state index is 0.144. The maximum absolute atomic E-state index is 12.4. The largest absolute Gasteiger partial charge is 0.427 e. The third-order valence-electron chi connectivity index (χ3n) is 3.86. The lowest BCUT2D eigenvalue weighted by molar-refractivity contribution is -0.132. The summed E-state index contributed by atoms with van der Waals surface area (Å²) in [6.07, 6.45) is 5.16. The van der Waals surface area contributed by atoms with E-state index >= 15 is 0 Å². The summed E-state index contributed by atoms with van der Waals surface area (Å²) in [5.41, 5.74) is 0.523. The molecule has 108 valence electrons. The average Bonchev–Trinajstić information content (AvgIpc) is 2.72. The van der Waals surface area contributed by atoms with Crippen LogP contribution in [0, 0.1) is 11.8 Å². The first kappa shape index (κ1) is 13.5. The van der Waals surface area contributed by atoms with E-state index in [-0.39, 0.29) is 23.7 Å². The smallest absolute Gasteiger partial charge is 0.308 e. The molecule has 1 saturated heterocycles. The summed E-state index contributed by atoms with van der Waals surface area (Å²) >= 11 is 0. The zero-order valence-electron chi connectivity index (χ0n) is 11.6. The third kappa shape index (κ3) is 2.35. The SMILES string of the molecule is CC(=O)Oc1ccc(N2C(=O)[C@H]3CC=CC[C@H]3C2=O)cc1. The number of esters is 1. The molecule has 2 atom stereocenters. The number of ether oxygens (including phenoxy) is 1. The number of hydrogen-bond donors (Lipinski definition) is 0.